The van der Waals surface area contributed by atoms with E-state index in [1.807, 2.05) is 13.0 Å². The Morgan fingerprint density at radius 3 is 2.33 bits per heavy atom. The van der Waals surface area contributed by atoms with E-state index in [0.717, 1.165) is 17.9 Å². The second kappa shape index (κ2) is 5.55. The number of hydrogen-bond acceptors (Lipinski definition) is 0. The molecule has 0 N–H and O–H groups in total. The van der Waals surface area contributed by atoms with E-state index >= 15 is 0 Å². The van der Waals surface area contributed by atoms with Crippen LogP contribution in [0.2, 0.25) is 0 Å². The van der Waals surface area contributed by atoms with E-state index in [1.54, 1.807) is 0 Å². The third kappa shape index (κ3) is 4.64. The molecule has 0 saturated heterocycles. The number of benzene rings is 1. The SMILES string of the molecule is C=C(C)/C=C/c1ccc(CC(C)C)cc1. The van der Waals surface area contributed by atoms with Gasteiger partial charge in [0.05, 0.1) is 0 Å². The van der Waals surface area contributed by atoms with Gasteiger partial charge in [-0.25, -0.2) is 0 Å². The van der Waals surface area contributed by atoms with Crippen LogP contribution in [0.25, 0.3) is 6.08 Å². The molecule has 15 heavy (non-hydrogen) atoms. The molecule has 0 nitrogen and oxygen atoms in total. The molecular formula is C15H20. The molecule has 0 aromatic heterocycles. The summed E-state index contributed by atoms with van der Waals surface area (Å²) in [6, 6.07) is 8.74. The first-order chi connectivity index (χ1) is 7.08. The van der Waals surface area contributed by atoms with Crippen molar-refractivity contribution >= 4 is 6.08 Å². The zero-order valence-electron chi connectivity index (χ0n) is 9.96. The standard InChI is InChI=1S/C15H20/c1-12(2)5-6-14-7-9-15(10-8-14)11-13(3)4/h5-10,13H,1,11H2,2-4H3/b6-5+. The van der Waals surface area contributed by atoms with Gasteiger partial charge in [0.15, 0.2) is 0 Å². The summed E-state index contributed by atoms with van der Waals surface area (Å²) in [6.45, 7) is 10.3. The van der Waals surface area contributed by atoms with E-state index in [-0.39, 0.29) is 0 Å². The molecule has 0 aliphatic carbocycles. The van der Waals surface area contributed by atoms with Gasteiger partial charge in [0.25, 0.3) is 0 Å². The maximum atomic E-state index is 3.84. The molecule has 1 aromatic rings. The molecule has 0 heterocycles. The topological polar surface area (TPSA) is 0 Å². The second-order valence-electron chi connectivity index (χ2n) is 4.52. The summed E-state index contributed by atoms with van der Waals surface area (Å²) in [4.78, 5) is 0. The predicted octanol–water partition coefficient (Wildman–Crippen LogP) is 4.47. The maximum Gasteiger partial charge on any atom is -0.0256 e. The first-order valence-electron chi connectivity index (χ1n) is 5.50. The quantitative estimate of drug-likeness (QED) is 0.629. The minimum Gasteiger partial charge on any atom is -0.0961 e. The Labute approximate surface area is 93.3 Å². The molecule has 1 aromatic carbocycles. The molecular weight excluding hydrogens is 180 g/mol. The van der Waals surface area contributed by atoms with Crippen molar-refractivity contribution < 1.29 is 0 Å². The van der Waals surface area contributed by atoms with Gasteiger partial charge >= 0.3 is 0 Å². The van der Waals surface area contributed by atoms with E-state index < -0.39 is 0 Å². The second-order valence-corrected chi connectivity index (χ2v) is 4.52. The van der Waals surface area contributed by atoms with Gasteiger partial charge in [-0.2, -0.15) is 0 Å². The highest BCUT2D eigenvalue weighted by Gasteiger charge is 1.96. The average molecular weight is 200 g/mol. The minimum atomic E-state index is 0.724. The first-order valence-corrected chi connectivity index (χ1v) is 5.50. The highest BCUT2D eigenvalue weighted by atomic mass is 14.0. The summed E-state index contributed by atoms with van der Waals surface area (Å²) in [5.41, 5.74) is 3.74. The fourth-order valence-corrected chi connectivity index (χ4v) is 1.47. The highest BCUT2D eigenvalue weighted by Crippen LogP contribution is 2.11. The Morgan fingerprint density at radius 1 is 1.27 bits per heavy atom. The van der Waals surface area contributed by atoms with Crippen molar-refractivity contribution in [3.8, 4) is 0 Å². The molecule has 0 aliphatic heterocycles. The molecule has 0 radical (unpaired) electrons. The van der Waals surface area contributed by atoms with Crippen LogP contribution in [0.5, 0.6) is 0 Å². The number of allylic oxidation sites excluding steroid dienone is 2. The molecule has 0 amide bonds. The highest BCUT2D eigenvalue weighted by molar-refractivity contribution is 5.52. The summed E-state index contributed by atoms with van der Waals surface area (Å²) >= 11 is 0. The van der Waals surface area contributed by atoms with Crippen molar-refractivity contribution in [1.29, 1.82) is 0 Å². The van der Waals surface area contributed by atoms with E-state index in [2.05, 4.69) is 50.8 Å². The Balaban J connectivity index is 2.68. The van der Waals surface area contributed by atoms with Gasteiger partial charge in [-0.05, 0) is 30.4 Å². The van der Waals surface area contributed by atoms with Crippen molar-refractivity contribution in [1.82, 2.24) is 0 Å². The Kier molecular flexibility index (Phi) is 4.36. The smallest absolute Gasteiger partial charge is 0.0256 e. The largest absolute Gasteiger partial charge is 0.0961 e. The summed E-state index contributed by atoms with van der Waals surface area (Å²) in [6.07, 6.45) is 5.30. The van der Waals surface area contributed by atoms with Crippen LogP contribution in [-0.4, -0.2) is 0 Å². The Morgan fingerprint density at radius 2 is 1.87 bits per heavy atom. The van der Waals surface area contributed by atoms with Gasteiger partial charge in [-0.1, -0.05) is 62.4 Å². The van der Waals surface area contributed by atoms with Crippen molar-refractivity contribution in [3.05, 3.63) is 53.6 Å². The van der Waals surface area contributed by atoms with Crippen LogP contribution in [0, 0.1) is 5.92 Å². The lowest BCUT2D eigenvalue weighted by atomic mass is 10.0. The first kappa shape index (κ1) is 11.8. The molecule has 0 bridgehead atoms. The maximum absolute atomic E-state index is 3.84. The predicted molar refractivity (Wildman–Crippen MR) is 68.8 cm³/mol. The lowest BCUT2D eigenvalue weighted by Crippen LogP contribution is -1.93. The van der Waals surface area contributed by atoms with Crippen LogP contribution in [0.1, 0.15) is 31.9 Å². The zero-order chi connectivity index (χ0) is 11.3. The summed E-state index contributed by atoms with van der Waals surface area (Å²) < 4.78 is 0. The van der Waals surface area contributed by atoms with Gasteiger partial charge < -0.3 is 0 Å². The number of hydrogen-bond donors (Lipinski definition) is 0. The molecule has 0 atom stereocenters. The van der Waals surface area contributed by atoms with Crippen LogP contribution in [-0.2, 0) is 6.42 Å². The average Bonchev–Trinajstić information content (AvgIpc) is 2.16. The molecule has 0 aliphatic rings. The summed E-state index contributed by atoms with van der Waals surface area (Å²) in [5, 5.41) is 0. The molecule has 0 heteroatoms. The summed E-state index contributed by atoms with van der Waals surface area (Å²) in [7, 11) is 0. The van der Waals surface area contributed by atoms with Crippen LogP contribution in [0.15, 0.2) is 42.5 Å². The van der Waals surface area contributed by atoms with E-state index in [4.69, 9.17) is 0 Å². The van der Waals surface area contributed by atoms with Crippen molar-refractivity contribution in [2.75, 3.05) is 0 Å². The van der Waals surface area contributed by atoms with E-state index in [1.165, 1.54) is 11.1 Å². The zero-order valence-corrected chi connectivity index (χ0v) is 9.96. The van der Waals surface area contributed by atoms with Gasteiger partial charge in [0, 0.05) is 0 Å². The summed E-state index contributed by atoms with van der Waals surface area (Å²) in [5.74, 6) is 0.724. The Hall–Kier alpha value is -1.30. The lowest BCUT2D eigenvalue weighted by molar-refractivity contribution is 0.647. The number of rotatable bonds is 4. The molecule has 1 rings (SSSR count). The van der Waals surface area contributed by atoms with Gasteiger partial charge in [0.2, 0.25) is 0 Å². The molecule has 0 spiro atoms. The van der Waals surface area contributed by atoms with Crippen molar-refractivity contribution in [2.45, 2.75) is 27.2 Å². The normalized spacial score (nSPS) is 11.2. The van der Waals surface area contributed by atoms with Gasteiger partial charge in [-0.15, -0.1) is 0 Å². The van der Waals surface area contributed by atoms with Crippen molar-refractivity contribution in [3.63, 3.8) is 0 Å². The third-order valence-electron chi connectivity index (χ3n) is 2.18. The molecule has 80 valence electrons. The monoisotopic (exact) mass is 200 g/mol. The van der Waals surface area contributed by atoms with Crippen molar-refractivity contribution in [2.24, 2.45) is 5.92 Å². The van der Waals surface area contributed by atoms with Crippen LogP contribution < -0.4 is 0 Å². The van der Waals surface area contributed by atoms with Gasteiger partial charge in [0.1, 0.15) is 0 Å². The molecule has 0 fully saturated rings. The fourth-order valence-electron chi connectivity index (χ4n) is 1.47. The van der Waals surface area contributed by atoms with Crippen LogP contribution in [0.3, 0.4) is 0 Å². The minimum absolute atomic E-state index is 0.724. The Bertz CT molecular complexity index is 339. The van der Waals surface area contributed by atoms with Crippen LogP contribution in [0.4, 0.5) is 0 Å². The van der Waals surface area contributed by atoms with Crippen LogP contribution >= 0.6 is 0 Å². The van der Waals surface area contributed by atoms with E-state index in [9.17, 15) is 0 Å². The van der Waals surface area contributed by atoms with Gasteiger partial charge in [-0.3, -0.25) is 0 Å². The molecule has 0 saturated carbocycles. The third-order valence-corrected chi connectivity index (χ3v) is 2.18. The van der Waals surface area contributed by atoms with E-state index in [0.29, 0.717) is 0 Å². The molecule has 0 unspecified atom stereocenters. The lowest BCUT2D eigenvalue weighted by Gasteiger charge is -2.04. The fraction of sp³-hybridized carbons (Fsp3) is 0.333.